The second kappa shape index (κ2) is 4.91. The van der Waals surface area contributed by atoms with Crippen molar-refractivity contribution in [3.63, 3.8) is 0 Å². The lowest BCUT2D eigenvalue weighted by Gasteiger charge is -2.32. The van der Waals surface area contributed by atoms with Gasteiger partial charge >= 0.3 is 7.12 Å². The Morgan fingerprint density at radius 3 is 2.00 bits per heavy atom. The van der Waals surface area contributed by atoms with Gasteiger partial charge in [-0.2, -0.15) is 0 Å². The average Bonchev–Trinajstić information content (AvgIpc) is 2.46. The first-order chi connectivity index (χ1) is 7.91. The molecule has 4 heteroatoms. The fraction of sp³-hybridized carbons (Fsp3) is 1.00. The van der Waals surface area contributed by atoms with E-state index in [1.54, 1.807) is 0 Å². The molecule has 0 spiro atoms. The third-order valence-electron chi connectivity index (χ3n) is 4.43. The summed E-state index contributed by atoms with van der Waals surface area (Å²) in [7, 11) is -0.0260. The summed E-state index contributed by atoms with van der Waals surface area (Å²) in [4.78, 5) is 2.54. The first kappa shape index (κ1) is 13.4. The summed E-state index contributed by atoms with van der Waals surface area (Å²) in [5, 5.41) is 0. The van der Waals surface area contributed by atoms with Crippen LogP contribution >= 0.6 is 0 Å². The van der Waals surface area contributed by atoms with Gasteiger partial charge in [0.2, 0.25) is 0 Å². The molecule has 0 saturated carbocycles. The highest BCUT2D eigenvalue weighted by atomic mass is 16.7. The Bertz CT molecular complexity index is 246. The molecule has 0 aromatic rings. The molecule has 0 N–H and O–H groups in total. The van der Waals surface area contributed by atoms with Crippen LogP contribution < -0.4 is 0 Å². The molecule has 0 atom stereocenters. The Hall–Kier alpha value is -0.0551. The van der Waals surface area contributed by atoms with Crippen LogP contribution in [0, 0.1) is 0 Å². The number of hydrogen-bond acceptors (Lipinski definition) is 3. The molecular formula is C13H26BNO2. The zero-order valence-corrected chi connectivity index (χ0v) is 11.8. The van der Waals surface area contributed by atoms with Crippen molar-refractivity contribution in [3.05, 3.63) is 0 Å². The summed E-state index contributed by atoms with van der Waals surface area (Å²) in [6.07, 6.45) is 5.09. The van der Waals surface area contributed by atoms with E-state index in [1.165, 1.54) is 32.4 Å². The van der Waals surface area contributed by atoms with Gasteiger partial charge < -0.3 is 14.2 Å². The van der Waals surface area contributed by atoms with Gasteiger partial charge in [-0.25, -0.2) is 0 Å². The zero-order chi connectivity index (χ0) is 12.5. The predicted molar refractivity (Wildman–Crippen MR) is 71.2 cm³/mol. The minimum atomic E-state index is -0.181. The van der Waals surface area contributed by atoms with E-state index >= 15 is 0 Å². The van der Waals surface area contributed by atoms with Gasteiger partial charge in [-0.05, 0) is 66.5 Å². The monoisotopic (exact) mass is 239 g/mol. The van der Waals surface area contributed by atoms with E-state index in [0.717, 1.165) is 12.9 Å². The smallest absolute Gasteiger partial charge is 0.403 e. The van der Waals surface area contributed by atoms with E-state index in [9.17, 15) is 0 Å². The van der Waals surface area contributed by atoms with E-state index < -0.39 is 0 Å². The summed E-state index contributed by atoms with van der Waals surface area (Å²) in [5.41, 5.74) is -0.362. The largest absolute Gasteiger partial charge is 0.459 e. The van der Waals surface area contributed by atoms with Crippen molar-refractivity contribution in [1.82, 2.24) is 4.90 Å². The second-order valence-corrected chi connectivity index (χ2v) is 6.38. The van der Waals surface area contributed by atoms with E-state index in [4.69, 9.17) is 9.31 Å². The number of piperidine rings is 1. The molecule has 0 amide bonds. The van der Waals surface area contributed by atoms with Gasteiger partial charge in [0.15, 0.2) is 0 Å². The highest BCUT2D eigenvalue weighted by molar-refractivity contribution is 6.45. The van der Waals surface area contributed by atoms with Crippen LogP contribution in [0.1, 0.15) is 47.0 Å². The Balaban J connectivity index is 1.77. The Labute approximate surface area is 106 Å². The van der Waals surface area contributed by atoms with Gasteiger partial charge in [-0.1, -0.05) is 6.42 Å². The molecule has 2 fully saturated rings. The molecule has 0 radical (unpaired) electrons. The van der Waals surface area contributed by atoms with E-state index in [0.29, 0.717) is 0 Å². The van der Waals surface area contributed by atoms with E-state index in [-0.39, 0.29) is 18.3 Å². The normalized spacial score (nSPS) is 28.6. The summed E-state index contributed by atoms with van der Waals surface area (Å²) in [6, 6.07) is 0. The first-order valence-corrected chi connectivity index (χ1v) is 6.99. The average molecular weight is 239 g/mol. The molecule has 2 aliphatic heterocycles. The highest BCUT2D eigenvalue weighted by Crippen LogP contribution is 2.37. The number of nitrogens with zero attached hydrogens (tertiary/aromatic N) is 1. The minimum Gasteiger partial charge on any atom is -0.403 e. The van der Waals surface area contributed by atoms with Crippen molar-refractivity contribution in [2.75, 3.05) is 19.6 Å². The third-order valence-corrected chi connectivity index (χ3v) is 4.43. The van der Waals surface area contributed by atoms with Crippen LogP contribution in [0.25, 0.3) is 0 Å². The van der Waals surface area contributed by atoms with Crippen LogP contribution in [-0.4, -0.2) is 42.9 Å². The summed E-state index contributed by atoms with van der Waals surface area (Å²) < 4.78 is 12.0. The maximum absolute atomic E-state index is 6.01. The van der Waals surface area contributed by atoms with Crippen LogP contribution in [0.3, 0.4) is 0 Å². The molecular weight excluding hydrogens is 213 g/mol. The maximum Gasteiger partial charge on any atom is 0.459 e. The second-order valence-electron chi connectivity index (χ2n) is 6.38. The summed E-state index contributed by atoms with van der Waals surface area (Å²) in [5.74, 6) is 0. The number of rotatable bonds is 3. The molecule has 0 unspecified atom stereocenters. The van der Waals surface area contributed by atoms with Crippen molar-refractivity contribution in [2.24, 2.45) is 0 Å². The van der Waals surface area contributed by atoms with Gasteiger partial charge in [0.25, 0.3) is 0 Å². The molecule has 2 saturated heterocycles. The standard InChI is InChI=1S/C13H26BNO2/c1-12(2)13(3,4)17-14(16-12)8-11-15-9-6-5-7-10-15/h5-11H2,1-4H3. The Morgan fingerprint density at radius 2 is 1.47 bits per heavy atom. The molecule has 2 rings (SSSR count). The lowest BCUT2D eigenvalue weighted by atomic mass is 9.84. The van der Waals surface area contributed by atoms with Crippen molar-refractivity contribution in [1.29, 1.82) is 0 Å². The van der Waals surface area contributed by atoms with Gasteiger partial charge in [-0.15, -0.1) is 0 Å². The highest BCUT2D eigenvalue weighted by Gasteiger charge is 2.50. The van der Waals surface area contributed by atoms with Gasteiger partial charge in [-0.3, -0.25) is 0 Å². The van der Waals surface area contributed by atoms with Gasteiger partial charge in [0.1, 0.15) is 0 Å². The molecule has 3 nitrogen and oxygen atoms in total. The quantitative estimate of drug-likeness (QED) is 0.706. The van der Waals surface area contributed by atoms with Crippen molar-refractivity contribution in [2.45, 2.75) is 64.5 Å². The predicted octanol–water partition coefficient (Wildman–Crippen LogP) is 2.56. The van der Waals surface area contributed by atoms with Crippen LogP contribution in [-0.2, 0) is 9.31 Å². The van der Waals surface area contributed by atoms with Crippen LogP contribution in [0.2, 0.25) is 6.32 Å². The molecule has 0 aromatic heterocycles. The van der Waals surface area contributed by atoms with Gasteiger partial charge in [0, 0.05) is 0 Å². The summed E-state index contributed by atoms with van der Waals surface area (Å²) >= 11 is 0. The topological polar surface area (TPSA) is 21.7 Å². The number of likely N-dealkylation sites (tertiary alicyclic amines) is 1. The SMILES string of the molecule is CC1(C)OB(CCN2CCCCC2)OC1(C)C. The molecule has 2 aliphatic rings. The lowest BCUT2D eigenvalue weighted by molar-refractivity contribution is 0.00578. The lowest BCUT2D eigenvalue weighted by Crippen LogP contribution is -2.41. The van der Waals surface area contributed by atoms with E-state index in [2.05, 4.69) is 32.6 Å². The fourth-order valence-corrected chi connectivity index (χ4v) is 2.55. The van der Waals surface area contributed by atoms with Crippen molar-refractivity contribution in [3.8, 4) is 0 Å². The zero-order valence-electron chi connectivity index (χ0n) is 11.8. The van der Waals surface area contributed by atoms with Crippen LogP contribution in [0.15, 0.2) is 0 Å². The van der Waals surface area contributed by atoms with Crippen LogP contribution in [0.5, 0.6) is 0 Å². The molecule has 2 heterocycles. The fourth-order valence-electron chi connectivity index (χ4n) is 2.55. The van der Waals surface area contributed by atoms with Crippen molar-refractivity contribution < 1.29 is 9.31 Å². The Kier molecular flexibility index (Phi) is 3.86. The molecule has 98 valence electrons. The number of hydrogen-bond donors (Lipinski definition) is 0. The Morgan fingerprint density at radius 1 is 0.941 bits per heavy atom. The van der Waals surface area contributed by atoms with Gasteiger partial charge in [0.05, 0.1) is 11.2 Å². The van der Waals surface area contributed by atoms with E-state index in [1.807, 2.05) is 0 Å². The summed E-state index contributed by atoms with van der Waals surface area (Å²) in [6.45, 7) is 12.1. The third kappa shape index (κ3) is 3.04. The maximum atomic E-state index is 6.01. The van der Waals surface area contributed by atoms with Crippen molar-refractivity contribution >= 4 is 7.12 Å². The first-order valence-electron chi connectivity index (χ1n) is 6.99. The minimum absolute atomic E-state index is 0.0260. The molecule has 17 heavy (non-hydrogen) atoms. The van der Waals surface area contributed by atoms with Crippen LogP contribution in [0.4, 0.5) is 0 Å². The molecule has 0 aliphatic carbocycles. The molecule has 0 bridgehead atoms. The molecule has 0 aromatic carbocycles.